The van der Waals surface area contributed by atoms with Gasteiger partial charge in [0.25, 0.3) is 0 Å². The summed E-state index contributed by atoms with van der Waals surface area (Å²) >= 11 is 6.05. The summed E-state index contributed by atoms with van der Waals surface area (Å²) < 4.78 is 62.5. The summed E-state index contributed by atoms with van der Waals surface area (Å²) in [6.07, 6.45) is -4.31. The average Bonchev–Trinajstić information content (AvgIpc) is 1.82. The lowest BCUT2D eigenvalue weighted by Gasteiger charge is -2.18. The first kappa shape index (κ1) is 12.4. The molecule has 0 saturated heterocycles. The fourth-order valence-electron chi connectivity index (χ4n) is 0.241. The molecule has 74 valence electrons. The molecule has 0 fully saturated rings. The first-order chi connectivity index (χ1) is 5.15. The zero-order valence-corrected chi connectivity index (χ0v) is 7.68. The summed E-state index contributed by atoms with van der Waals surface area (Å²) in [4.78, 5) is 0. The van der Waals surface area contributed by atoms with E-state index in [4.69, 9.17) is 0 Å². The van der Waals surface area contributed by atoms with Crippen molar-refractivity contribution in [2.45, 2.75) is 16.6 Å². The maximum absolute atomic E-state index is 12.0. The highest BCUT2D eigenvalue weighted by Crippen LogP contribution is 2.30. The van der Waals surface area contributed by atoms with Crippen LogP contribution in [0.15, 0.2) is 0 Å². The van der Waals surface area contributed by atoms with Gasteiger partial charge in [-0.05, 0) is 27.5 Å². The number of alkyl halides is 7. The molecule has 0 aliphatic rings. The van der Waals surface area contributed by atoms with Crippen LogP contribution in [0.2, 0.25) is 0 Å². The van der Waals surface area contributed by atoms with Gasteiger partial charge in [0.05, 0.1) is 0 Å². The van der Waals surface area contributed by atoms with Crippen LogP contribution in [0.5, 0.6) is 0 Å². The molecule has 8 heteroatoms. The zero-order valence-electron chi connectivity index (χ0n) is 5.34. The highest BCUT2D eigenvalue weighted by Gasteiger charge is 2.43. The van der Waals surface area contributed by atoms with Crippen molar-refractivity contribution in [3.63, 3.8) is 0 Å². The van der Waals surface area contributed by atoms with Crippen LogP contribution in [0.3, 0.4) is 0 Å². The lowest BCUT2D eigenvalue weighted by molar-refractivity contribution is -0.268. The summed E-state index contributed by atoms with van der Waals surface area (Å²) in [5.41, 5.74) is 0. The Hall–Kier alpha value is 0.380. The summed E-state index contributed by atoms with van der Waals surface area (Å²) in [5.74, 6) is 0. The monoisotopic (exact) mass is 276 g/mol. The smallest absolute Gasteiger partial charge is 0.310 e. The van der Waals surface area contributed by atoms with Crippen LogP contribution in [-0.4, -0.2) is 23.2 Å². The van der Waals surface area contributed by atoms with Crippen molar-refractivity contribution >= 4 is 27.5 Å². The third kappa shape index (κ3) is 5.10. The van der Waals surface area contributed by atoms with Crippen LogP contribution in [0.25, 0.3) is 0 Å². The van der Waals surface area contributed by atoms with Crippen molar-refractivity contribution in [3.8, 4) is 0 Å². The normalized spacial score (nSPS) is 16.2. The van der Waals surface area contributed by atoms with E-state index in [0.29, 0.717) is 0 Å². The number of hydrogen-bond donors (Lipinski definition) is 0. The molecular formula is C4H3BrClF5O. The topological polar surface area (TPSA) is 9.23 Å². The van der Waals surface area contributed by atoms with E-state index in [9.17, 15) is 22.0 Å². The van der Waals surface area contributed by atoms with E-state index in [1.165, 1.54) is 0 Å². The van der Waals surface area contributed by atoms with Crippen molar-refractivity contribution in [2.24, 2.45) is 0 Å². The van der Waals surface area contributed by atoms with Gasteiger partial charge in [0.1, 0.15) is 6.61 Å². The van der Waals surface area contributed by atoms with E-state index in [0.717, 1.165) is 0 Å². The van der Waals surface area contributed by atoms with Crippen LogP contribution in [0.1, 0.15) is 0 Å². The molecule has 0 bridgehead atoms. The van der Waals surface area contributed by atoms with Crippen LogP contribution >= 0.6 is 27.5 Å². The van der Waals surface area contributed by atoms with Gasteiger partial charge in [0, 0.05) is 0 Å². The van der Waals surface area contributed by atoms with Gasteiger partial charge in [0.2, 0.25) is 5.08 Å². The van der Waals surface area contributed by atoms with E-state index in [2.05, 4.69) is 16.3 Å². The lowest BCUT2D eigenvalue weighted by Crippen LogP contribution is -2.33. The van der Waals surface area contributed by atoms with Gasteiger partial charge in [-0.15, -0.1) is 0 Å². The van der Waals surface area contributed by atoms with Crippen LogP contribution < -0.4 is 0 Å². The Kier molecular flexibility index (Phi) is 4.19. The summed E-state index contributed by atoms with van der Waals surface area (Å²) in [5, 5.41) is -6.77. The third-order valence-electron chi connectivity index (χ3n) is 0.682. The minimum atomic E-state index is -4.31. The molecule has 12 heavy (non-hydrogen) atoms. The zero-order chi connectivity index (χ0) is 9.99. The molecule has 1 unspecified atom stereocenters. The molecule has 0 aliphatic carbocycles. The fraction of sp³-hybridized carbons (Fsp3) is 1.00. The molecule has 0 N–H and O–H groups in total. The fourth-order valence-corrected chi connectivity index (χ4v) is 0.428. The van der Waals surface area contributed by atoms with Crippen LogP contribution in [-0.2, 0) is 4.74 Å². The Morgan fingerprint density at radius 1 is 1.33 bits per heavy atom. The Morgan fingerprint density at radius 2 is 1.75 bits per heavy atom. The van der Waals surface area contributed by atoms with Gasteiger partial charge in [-0.1, -0.05) is 0 Å². The molecule has 0 heterocycles. The van der Waals surface area contributed by atoms with Crippen molar-refractivity contribution in [1.29, 1.82) is 0 Å². The molecule has 0 aromatic rings. The first-order valence-corrected chi connectivity index (χ1v) is 3.81. The Morgan fingerprint density at radius 3 is 2.00 bits per heavy atom. The predicted octanol–water partition coefficient (Wildman–Crippen LogP) is 3.12. The van der Waals surface area contributed by atoms with Crippen molar-refractivity contribution < 1.29 is 26.7 Å². The van der Waals surface area contributed by atoms with Gasteiger partial charge in [0.15, 0.2) is 0 Å². The van der Waals surface area contributed by atoms with E-state index in [1.54, 1.807) is 0 Å². The Bertz CT molecular complexity index is 147. The Balaban J connectivity index is 3.93. The van der Waals surface area contributed by atoms with E-state index >= 15 is 0 Å². The molecule has 0 aromatic heterocycles. The average molecular weight is 277 g/mol. The first-order valence-electron chi connectivity index (χ1n) is 2.52. The number of hydrogen-bond acceptors (Lipinski definition) is 1. The van der Waals surface area contributed by atoms with Crippen LogP contribution in [0.4, 0.5) is 22.0 Å². The highest BCUT2D eigenvalue weighted by molar-refractivity contribution is 9.09. The maximum Gasteiger partial charge on any atom is 0.397 e. The second-order valence-corrected chi connectivity index (χ2v) is 3.12. The molecule has 0 radical (unpaired) electrons. The van der Waals surface area contributed by atoms with Crippen LogP contribution in [0, 0.1) is 0 Å². The maximum atomic E-state index is 12.0. The molecule has 0 spiro atoms. The molecule has 0 aliphatic heterocycles. The second kappa shape index (κ2) is 4.06. The number of halogens is 7. The van der Waals surface area contributed by atoms with E-state index < -0.39 is 23.2 Å². The van der Waals surface area contributed by atoms with E-state index in [-0.39, 0.29) is 0 Å². The minimum absolute atomic E-state index is 1.76. The second-order valence-electron chi connectivity index (χ2n) is 1.77. The molecule has 0 aromatic carbocycles. The lowest BCUT2D eigenvalue weighted by atomic mass is 10.6. The van der Waals surface area contributed by atoms with Gasteiger partial charge in [-0.2, -0.15) is 17.6 Å². The standard InChI is InChI=1S/C4H3BrClF5O/c5-2(7)4(10,11)12-1-3(6,8)9/h2H,1H2. The van der Waals surface area contributed by atoms with Crippen molar-refractivity contribution in [3.05, 3.63) is 0 Å². The van der Waals surface area contributed by atoms with Gasteiger partial charge in [-0.25, -0.2) is 4.39 Å². The molecular weight excluding hydrogens is 274 g/mol. The number of rotatable bonds is 4. The van der Waals surface area contributed by atoms with Gasteiger partial charge < -0.3 is 4.74 Å². The number of ether oxygens (including phenoxy) is 1. The van der Waals surface area contributed by atoms with Crippen molar-refractivity contribution in [2.75, 3.05) is 6.61 Å². The minimum Gasteiger partial charge on any atom is -0.310 e. The molecule has 0 saturated carbocycles. The van der Waals surface area contributed by atoms with Crippen molar-refractivity contribution in [1.82, 2.24) is 0 Å². The van der Waals surface area contributed by atoms with Gasteiger partial charge >= 0.3 is 11.5 Å². The largest absolute Gasteiger partial charge is 0.397 e. The molecule has 0 rings (SSSR count). The highest BCUT2D eigenvalue weighted by atomic mass is 79.9. The quantitative estimate of drug-likeness (QED) is 0.567. The predicted molar refractivity (Wildman–Crippen MR) is 35.5 cm³/mol. The summed E-state index contributed by atoms with van der Waals surface area (Å²) in [6, 6.07) is 0. The molecule has 0 amide bonds. The summed E-state index contributed by atoms with van der Waals surface area (Å²) in [6.45, 7) is -1.76. The van der Waals surface area contributed by atoms with Gasteiger partial charge in [-0.3, -0.25) is 0 Å². The molecule has 1 atom stereocenters. The SMILES string of the molecule is FC(Br)C(F)(F)OCC(F)(F)Cl. The Labute approximate surface area is 77.9 Å². The molecule has 1 nitrogen and oxygen atoms in total. The van der Waals surface area contributed by atoms with E-state index in [1.807, 2.05) is 15.9 Å². The third-order valence-corrected chi connectivity index (χ3v) is 1.32. The summed E-state index contributed by atoms with van der Waals surface area (Å²) in [7, 11) is 0.